The average molecular weight is 266 g/mol. The van der Waals surface area contributed by atoms with Crippen molar-refractivity contribution in [1.82, 2.24) is 0 Å². The van der Waals surface area contributed by atoms with Crippen molar-refractivity contribution in [2.75, 3.05) is 6.61 Å². The van der Waals surface area contributed by atoms with Crippen LogP contribution in [0.25, 0.3) is 0 Å². The molecule has 18 heavy (non-hydrogen) atoms. The van der Waals surface area contributed by atoms with Crippen LogP contribution in [0.2, 0.25) is 0 Å². The summed E-state index contributed by atoms with van der Waals surface area (Å²) in [5.41, 5.74) is 0.297. The molecule has 0 aliphatic carbocycles. The van der Waals surface area contributed by atoms with Crippen molar-refractivity contribution in [2.24, 2.45) is 0 Å². The second-order valence-corrected chi connectivity index (χ2v) is 5.94. The first-order valence-corrected chi connectivity index (χ1v) is 6.48. The molecular formula is C13H14O4S. The van der Waals surface area contributed by atoms with E-state index in [1.807, 2.05) is 13.8 Å². The van der Waals surface area contributed by atoms with Gasteiger partial charge in [0.15, 0.2) is 4.93 Å². The summed E-state index contributed by atoms with van der Waals surface area (Å²) in [6.07, 6.45) is 0. The Labute approximate surface area is 110 Å². The lowest BCUT2D eigenvalue weighted by Crippen LogP contribution is -2.19. The molecule has 0 saturated carbocycles. The summed E-state index contributed by atoms with van der Waals surface area (Å²) in [6.45, 7) is 5.75. The van der Waals surface area contributed by atoms with Crippen molar-refractivity contribution in [2.45, 2.75) is 30.6 Å². The van der Waals surface area contributed by atoms with Crippen LogP contribution in [0, 0.1) is 0 Å². The zero-order valence-electron chi connectivity index (χ0n) is 10.5. The second-order valence-electron chi connectivity index (χ2n) is 4.32. The number of rotatable bonds is 3. The summed E-state index contributed by atoms with van der Waals surface area (Å²) in [6, 6.07) is 5.01. The Kier molecular flexibility index (Phi) is 3.34. The van der Waals surface area contributed by atoms with E-state index in [9.17, 15) is 9.59 Å². The minimum atomic E-state index is -0.831. The largest absolute Gasteiger partial charge is 0.476 e. The van der Waals surface area contributed by atoms with Crippen molar-refractivity contribution in [1.29, 1.82) is 0 Å². The minimum absolute atomic E-state index is 0.189. The van der Waals surface area contributed by atoms with Crippen LogP contribution in [-0.4, -0.2) is 23.3 Å². The van der Waals surface area contributed by atoms with E-state index in [0.717, 1.165) is 4.90 Å². The van der Waals surface area contributed by atoms with E-state index in [0.29, 0.717) is 11.3 Å². The molecule has 0 aromatic heterocycles. The maximum atomic E-state index is 11.8. The maximum absolute atomic E-state index is 11.8. The Bertz CT molecular complexity index is 508. The van der Waals surface area contributed by atoms with E-state index in [1.165, 1.54) is 0 Å². The number of fused-ring (bicyclic) bond motifs is 1. The minimum Gasteiger partial charge on any atom is -0.476 e. The molecule has 0 N–H and O–H groups in total. The first-order valence-electron chi connectivity index (χ1n) is 5.66. The maximum Gasteiger partial charge on any atom is 0.379 e. The lowest BCUT2D eigenvalue weighted by Gasteiger charge is -2.15. The number of ketones is 1. The second kappa shape index (κ2) is 4.65. The Morgan fingerprint density at radius 1 is 1.39 bits per heavy atom. The summed E-state index contributed by atoms with van der Waals surface area (Å²) in [7, 11) is 0. The molecule has 0 fully saturated rings. The summed E-state index contributed by atoms with van der Waals surface area (Å²) < 4.78 is 10.4. The molecule has 0 unspecified atom stereocenters. The third-order valence-electron chi connectivity index (χ3n) is 2.38. The molecule has 0 amide bonds. The van der Waals surface area contributed by atoms with Crippen LogP contribution in [0.3, 0.4) is 0 Å². The fraction of sp³-hybridized carbons (Fsp3) is 0.385. The zero-order valence-corrected chi connectivity index (χ0v) is 11.3. The quantitative estimate of drug-likeness (QED) is 0.478. The Hall–Kier alpha value is -1.49. The Morgan fingerprint density at radius 2 is 2.11 bits per heavy atom. The van der Waals surface area contributed by atoms with Gasteiger partial charge >= 0.3 is 5.97 Å². The van der Waals surface area contributed by atoms with E-state index < -0.39 is 11.8 Å². The smallest absolute Gasteiger partial charge is 0.379 e. The standard InChI is InChI=1S/C13H14O4S/c1-4-16-12(15)11(14)8-5-6-10-9(7-8)17-13(2,3)18-10/h5-7H,4H2,1-3H3. The number of Topliss-reactive ketones (excluding diaryl/α,β-unsaturated/α-hetero) is 1. The fourth-order valence-electron chi connectivity index (χ4n) is 1.68. The lowest BCUT2D eigenvalue weighted by molar-refractivity contribution is -0.137. The highest BCUT2D eigenvalue weighted by atomic mass is 32.2. The van der Waals surface area contributed by atoms with Crippen molar-refractivity contribution in [3.05, 3.63) is 23.8 Å². The average Bonchev–Trinajstić information content (AvgIpc) is 2.60. The summed E-state index contributed by atoms with van der Waals surface area (Å²) in [4.78, 5) is 23.7. The van der Waals surface area contributed by atoms with Gasteiger partial charge in [-0.3, -0.25) is 4.79 Å². The molecule has 1 aliphatic heterocycles. The molecule has 1 heterocycles. The molecule has 5 heteroatoms. The van der Waals surface area contributed by atoms with Crippen molar-refractivity contribution < 1.29 is 19.1 Å². The highest BCUT2D eigenvalue weighted by molar-refractivity contribution is 8.00. The van der Waals surface area contributed by atoms with Gasteiger partial charge in [0.25, 0.3) is 5.78 Å². The molecule has 0 radical (unpaired) electrons. The molecular weight excluding hydrogens is 252 g/mol. The predicted octanol–water partition coefficient (Wildman–Crippen LogP) is 2.65. The lowest BCUT2D eigenvalue weighted by atomic mass is 10.1. The van der Waals surface area contributed by atoms with E-state index in [1.54, 1.807) is 36.9 Å². The summed E-state index contributed by atoms with van der Waals surface area (Å²) in [5.74, 6) is -0.833. The van der Waals surface area contributed by atoms with Crippen LogP contribution in [0.4, 0.5) is 0 Å². The van der Waals surface area contributed by atoms with E-state index in [2.05, 4.69) is 4.74 Å². The zero-order chi connectivity index (χ0) is 13.3. The Morgan fingerprint density at radius 3 is 2.78 bits per heavy atom. The van der Waals surface area contributed by atoms with Gasteiger partial charge in [0, 0.05) is 5.56 Å². The van der Waals surface area contributed by atoms with Gasteiger partial charge in [-0.05, 0) is 39.0 Å². The summed E-state index contributed by atoms with van der Waals surface area (Å²) in [5, 5.41) is 0. The van der Waals surface area contributed by atoms with Crippen LogP contribution in [0.5, 0.6) is 5.75 Å². The molecule has 96 valence electrons. The number of ether oxygens (including phenoxy) is 2. The highest BCUT2D eigenvalue weighted by Gasteiger charge is 2.32. The van der Waals surface area contributed by atoms with Gasteiger partial charge in [-0.2, -0.15) is 0 Å². The normalized spacial score (nSPS) is 15.7. The number of esters is 1. The van der Waals surface area contributed by atoms with Crippen LogP contribution in [-0.2, 0) is 9.53 Å². The number of carbonyl (C=O) groups is 2. The third-order valence-corrected chi connectivity index (χ3v) is 3.51. The SMILES string of the molecule is CCOC(=O)C(=O)c1ccc2c(c1)OC(C)(C)S2. The number of hydrogen-bond acceptors (Lipinski definition) is 5. The van der Waals surface area contributed by atoms with Crippen molar-refractivity contribution in [3.63, 3.8) is 0 Å². The first kappa shape index (κ1) is 13.0. The number of carbonyl (C=O) groups excluding carboxylic acids is 2. The number of benzene rings is 1. The number of thioether (sulfide) groups is 1. The monoisotopic (exact) mass is 266 g/mol. The van der Waals surface area contributed by atoms with Crippen LogP contribution < -0.4 is 4.74 Å². The molecule has 0 spiro atoms. The van der Waals surface area contributed by atoms with Gasteiger partial charge in [-0.25, -0.2) is 4.79 Å². The topological polar surface area (TPSA) is 52.6 Å². The molecule has 1 aliphatic rings. The molecule has 2 rings (SSSR count). The third kappa shape index (κ3) is 2.51. The van der Waals surface area contributed by atoms with Gasteiger partial charge in [-0.1, -0.05) is 11.8 Å². The molecule has 0 atom stereocenters. The van der Waals surface area contributed by atoms with Gasteiger partial charge in [-0.15, -0.1) is 0 Å². The fourth-order valence-corrected chi connectivity index (χ4v) is 2.68. The van der Waals surface area contributed by atoms with E-state index in [4.69, 9.17) is 4.74 Å². The van der Waals surface area contributed by atoms with Crippen LogP contribution in [0.1, 0.15) is 31.1 Å². The molecule has 1 aromatic carbocycles. The highest BCUT2D eigenvalue weighted by Crippen LogP contribution is 2.47. The number of hydrogen-bond donors (Lipinski definition) is 0. The van der Waals surface area contributed by atoms with Crippen molar-refractivity contribution >= 4 is 23.5 Å². The van der Waals surface area contributed by atoms with Gasteiger partial charge in [0.1, 0.15) is 5.75 Å². The molecule has 0 bridgehead atoms. The molecule has 4 nitrogen and oxygen atoms in total. The van der Waals surface area contributed by atoms with Crippen LogP contribution >= 0.6 is 11.8 Å². The molecule has 0 saturated heterocycles. The predicted molar refractivity (Wildman–Crippen MR) is 68.0 cm³/mol. The Balaban J connectivity index is 2.24. The summed E-state index contributed by atoms with van der Waals surface area (Å²) >= 11 is 1.58. The molecule has 1 aromatic rings. The van der Waals surface area contributed by atoms with Crippen LogP contribution in [0.15, 0.2) is 23.1 Å². The first-order chi connectivity index (χ1) is 8.43. The van der Waals surface area contributed by atoms with E-state index >= 15 is 0 Å². The van der Waals surface area contributed by atoms with Gasteiger partial charge in [0.05, 0.1) is 11.5 Å². The van der Waals surface area contributed by atoms with Gasteiger partial charge in [0.2, 0.25) is 0 Å². The van der Waals surface area contributed by atoms with E-state index in [-0.39, 0.29) is 11.5 Å². The van der Waals surface area contributed by atoms with Crippen molar-refractivity contribution in [3.8, 4) is 5.75 Å². The van der Waals surface area contributed by atoms with Gasteiger partial charge < -0.3 is 9.47 Å².